The zero-order chi connectivity index (χ0) is 22.6. The predicted octanol–water partition coefficient (Wildman–Crippen LogP) is 3.55. The third-order valence-corrected chi connectivity index (χ3v) is 3.63. The monoisotopic (exact) mass is 438 g/mol. The van der Waals surface area contributed by atoms with Crippen LogP contribution in [0.3, 0.4) is 0 Å². The van der Waals surface area contributed by atoms with Gasteiger partial charge in [0, 0.05) is 0 Å². The number of carbonyl (C=O) groups is 2. The lowest BCUT2D eigenvalue weighted by Crippen LogP contribution is -2.17. The van der Waals surface area contributed by atoms with E-state index in [1.807, 2.05) is 0 Å². The molecular formula is C18H12F6O6. The number of esters is 2. The van der Waals surface area contributed by atoms with Crippen LogP contribution in [0.5, 0.6) is 11.5 Å². The Morgan fingerprint density at radius 1 is 0.667 bits per heavy atom. The molecule has 0 fully saturated rings. The first-order chi connectivity index (χ1) is 14.1. The predicted molar refractivity (Wildman–Crippen MR) is 86.3 cm³/mol. The Balaban J connectivity index is 2.03. The van der Waals surface area contributed by atoms with Crippen molar-refractivity contribution in [3.63, 3.8) is 0 Å². The average molecular weight is 438 g/mol. The van der Waals surface area contributed by atoms with Gasteiger partial charge in [-0.05, 0) is 12.1 Å². The van der Waals surface area contributed by atoms with Gasteiger partial charge in [0.1, 0.15) is 24.3 Å². The maximum absolute atomic E-state index is 14.0. The molecule has 0 saturated heterocycles. The fraction of sp³-hybridized carbons (Fsp3) is 0.222. The van der Waals surface area contributed by atoms with Gasteiger partial charge in [0.25, 0.3) is 0 Å². The van der Waals surface area contributed by atoms with Crippen LogP contribution in [0.25, 0.3) is 0 Å². The first kappa shape index (κ1) is 22.8. The molecule has 2 rings (SSSR count). The van der Waals surface area contributed by atoms with Crippen LogP contribution in [0, 0.1) is 34.9 Å². The molecule has 0 aliphatic carbocycles. The molecule has 6 nitrogen and oxygen atoms in total. The molecule has 0 saturated carbocycles. The smallest absolute Gasteiger partial charge is 0.341 e. The van der Waals surface area contributed by atoms with E-state index in [9.17, 15) is 35.9 Å². The lowest BCUT2D eigenvalue weighted by molar-refractivity contribution is 0.0258. The Bertz CT molecular complexity index is 915. The van der Waals surface area contributed by atoms with Crippen LogP contribution in [-0.2, 0) is 9.47 Å². The van der Waals surface area contributed by atoms with Crippen LogP contribution < -0.4 is 9.47 Å². The van der Waals surface area contributed by atoms with Crippen LogP contribution in [0.2, 0.25) is 0 Å². The Morgan fingerprint density at radius 3 is 1.30 bits per heavy atom. The molecule has 0 radical (unpaired) electrons. The van der Waals surface area contributed by atoms with E-state index in [2.05, 4.69) is 18.9 Å². The van der Waals surface area contributed by atoms with E-state index < -0.39 is 82.7 Å². The van der Waals surface area contributed by atoms with Crippen molar-refractivity contribution in [3.8, 4) is 11.5 Å². The van der Waals surface area contributed by atoms with Crippen molar-refractivity contribution in [3.05, 3.63) is 58.2 Å². The first-order valence-corrected chi connectivity index (χ1v) is 7.91. The third kappa shape index (κ3) is 4.42. The van der Waals surface area contributed by atoms with Crippen molar-refractivity contribution in [1.29, 1.82) is 0 Å². The molecule has 0 atom stereocenters. The summed E-state index contributed by atoms with van der Waals surface area (Å²) in [7, 11) is 1.70. The summed E-state index contributed by atoms with van der Waals surface area (Å²) in [5.41, 5.74) is -1.98. The van der Waals surface area contributed by atoms with Gasteiger partial charge in [0.15, 0.2) is 34.8 Å². The molecule has 2 aromatic carbocycles. The summed E-state index contributed by atoms with van der Waals surface area (Å²) < 4.78 is 99.3. The summed E-state index contributed by atoms with van der Waals surface area (Å²) in [4.78, 5) is 23.6. The van der Waals surface area contributed by atoms with Crippen LogP contribution >= 0.6 is 0 Å². The zero-order valence-corrected chi connectivity index (χ0v) is 15.3. The largest absolute Gasteiger partial charge is 0.491 e. The molecule has 0 amide bonds. The van der Waals surface area contributed by atoms with Gasteiger partial charge in [-0.25, -0.2) is 27.2 Å². The van der Waals surface area contributed by atoms with E-state index in [4.69, 9.17) is 0 Å². The Hall–Kier alpha value is -3.44. The summed E-state index contributed by atoms with van der Waals surface area (Å²) in [6, 6.07) is 0.481. The van der Waals surface area contributed by atoms with Crippen molar-refractivity contribution in [1.82, 2.24) is 0 Å². The summed E-state index contributed by atoms with van der Waals surface area (Å²) in [5.74, 6) is -14.7. The average Bonchev–Trinajstić information content (AvgIpc) is 2.71. The van der Waals surface area contributed by atoms with Crippen LogP contribution in [0.1, 0.15) is 20.7 Å². The minimum absolute atomic E-state index is 0.241. The van der Waals surface area contributed by atoms with Gasteiger partial charge < -0.3 is 18.9 Å². The molecule has 12 heteroatoms. The molecule has 30 heavy (non-hydrogen) atoms. The van der Waals surface area contributed by atoms with Gasteiger partial charge in [-0.1, -0.05) is 0 Å². The molecule has 0 bridgehead atoms. The number of ether oxygens (including phenoxy) is 4. The Labute approximate surface area is 164 Å². The number of methoxy groups -OCH3 is 2. The second-order valence-corrected chi connectivity index (χ2v) is 5.41. The normalized spacial score (nSPS) is 10.5. The minimum Gasteiger partial charge on any atom is -0.491 e. The molecule has 0 aliphatic heterocycles. The van der Waals surface area contributed by atoms with E-state index in [0.717, 1.165) is 14.2 Å². The van der Waals surface area contributed by atoms with Gasteiger partial charge in [-0.2, -0.15) is 8.78 Å². The molecule has 0 aromatic heterocycles. The number of hydrogen-bond acceptors (Lipinski definition) is 6. The number of rotatable bonds is 7. The minimum atomic E-state index is -1.65. The highest BCUT2D eigenvalue weighted by Crippen LogP contribution is 2.28. The molecule has 0 aliphatic rings. The van der Waals surface area contributed by atoms with Crippen LogP contribution in [0.4, 0.5) is 26.3 Å². The number of carbonyl (C=O) groups excluding carboxylic acids is 2. The van der Waals surface area contributed by atoms with Gasteiger partial charge in [0.05, 0.1) is 14.2 Å². The molecule has 2 aromatic rings. The first-order valence-electron chi connectivity index (χ1n) is 7.91. The second kappa shape index (κ2) is 9.37. The topological polar surface area (TPSA) is 71.1 Å². The van der Waals surface area contributed by atoms with Gasteiger partial charge in [-0.3, -0.25) is 0 Å². The van der Waals surface area contributed by atoms with Gasteiger partial charge in [-0.15, -0.1) is 0 Å². The Morgan fingerprint density at radius 2 is 1.00 bits per heavy atom. The fourth-order valence-corrected chi connectivity index (χ4v) is 2.24. The fourth-order valence-electron chi connectivity index (χ4n) is 2.24. The summed E-state index contributed by atoms with van der Waals surface area (Å²) in [6.45, 7) is -1.43. The summed E-state index contributed by atoms with van der Waals surface area (Å²) >= 11 is 0. The van der Waals surface area contributed by atoms with E-state index in [-0.39, 0.29) is 12.1 Å². The van der Waals surface area contributed by atoms with Gasteiger partial charge >= 0.3 is 11.9 Å². The maximum atomic E-state index is 14.0. The zero-order valence-electron chi connectivity index (χ0n) is 15.3. The lowest BCUT2D eigenvalue weighted by Gasteiger charge is -2.11. The highest BCUT2D eigenvalue weighted by atomic mass is 19.2. The van der Waals surface area contributed by atoms with Crippen molar-refractivity contribution in [2.24, 2.45) is 0 Å². The second-order valence-electron chi connectivity index (χ2n) is 5.41. The van der Waals surface area contributed by atoms with Crippen molar-refractivity contribution in [2.45, 2.75) is 0 Å². The summed E-state index contributed by atoms with van der Waals surface area (Å²) in [5, 5.41) is 0. The molecule has 0 N–H and O–H groups in total. The van der Waals surface area contributed by atoms with E-state index in [1.54, 1.807) is 0 Å². The van der Waals surface area contributed by atoms with Crippen LogP contribution in [-0.4, -0.2) is 39.4 Å². The number of halogens is 6. The molecule has 162 valence electrons. The highest BCUT2D eigenvalue weighted by molar-refractivity contribution is 5.91. The highest BCUT2D eigenvalue weighted by Gasteiger charge is 2.26. The number of hydrogen-bond donors (Lipinski definition) is 0. The molecule has 0 heterocycles. The molecule has 0 spiro atoms. The summed E-state index contributed by atoms with van der Waals surface area (Å²) in [6.07, 6.45) is 0. The standard InChI is InChI=1S/C18H12F6O6/c1-27-15-11(21)7(5-9(19)13(15)23)17(25)29-3-4-30-18(26)8-6-10(20)14(24)16(28-2)12(8)22/h5-6H,3-4H2,1-2H3. The Kier molecular flexibility index (Phi) is 7.14. The molecule has 0 unspecified atom stereocenters. The maximum Gasteiger partial charge on any atom is 0.341 e. The van der Waals surface area contributed by atoms with Crippen LogP contribution in [0.15, 0.2) is 12.1 Å². The van der Waals surface area contributed by atoms with E-state index >= 15 is 0 Å². The lowest BCUT2D eigenvalue weighted by atomic mass is 10.2. The van der Waals surface area contributed by atoms with Crippen molar-refractivity contribution >= 4 is 11.9 Å². The van der Waals surface area contributed by atoms with E-state index in [1.165, 1.54) is 0 Å². The van der Waals surface area contributed by atoms with Crippen molar-refractivity contribution < 1.29 is 54.9 Å². The quantitative estimate of drug-likeness (QED) is 0.285. The SMILES string of the molecule is COc1c(F)c(F)cc(C(=O)OCCOC(=O)c2cc(F)c(F)c(OC)c2F)c1F. The van der Waals surface area contributed by atoms with Crippen molar-refractivity contribution in [2.75, 3.05) is 27.4 Å². The van der Waals surface area contributed by atoms with E-state index in [0.29, 0.717) is 0 Å². The molecular weight excluding hydrogens is 426 g/mol. The third-order valence-electron chi connectivity index (χ3n) is 3.63. The van der Waals surface area contributed by atoms with Gasteiger partial charge in [0.2, 0.25) is 11.6 Å². The number of benzene rings is 2.